The van der Waals surface area contributed by atoms with E-state index in [1.54, 1.807) is 6.07 Å². The van der Waals surface area contributed by atoms with Crippen molar-refractivity contribution in [3.05, 3.63) is 41.1 Å². The molecule has 0 aliphatic heterocycles. The van der Waals surface area contributed by atoms with Gasteiger partial charge < -0.3 is 5.11 Å². The van der Waals surface area contributed by atoms with Crippen LogP contribution in [0.25, 0.3) is 10.9 Å². The number of aromatic carboxylic acids is 1. The molecule has 2 aromatic rings. The number of pyridine rings is 1. The molecule has 1 fully saturated rings. The van der Waals surface area contributed by atoms with Crippen LogP contribution in [0.2, 0.25) is 0 Å². The number of carboxylic acid groups (broad SMARTS) is 1. The Morgan fingerprint density at radius 1 is 1.40 bits per heavy atom. The van der Waals surface area contributed by atoms with E-state index >= 15 is 0 Å². The normalized spacial score (nSPS) is 16.3. The largest absolute Gasteiger partial charge is 0.478 e. The minimum Gasteiger partial charge on any atom is -0.478 e. The molecule has 1 heterocycles. The van der Waals surface area contributed by atoms with Crippen LogP contribution in [0.15, 0.2) is 24.3 Å². The summed E-state index contributed by atoms with van der Waals surface area (Å²) in [5.41, 5.74) is 3.32. The number of carbonyl (C=O) groups is 1. The molecule has 3 nitrogen and oxygen atoms in total. The minimum absolute atomic E-state index is 0.391. The van der Waals surface area contributed by atoms with Crippen molar-refractivity contribution in [1.29, 1.82) is 0 Å². The Morgan fingerprint density at radius 2 is 2.15 bits per heavy atom. The van der Waals surface area contributed by atoms with Crippen LogP contribution >= 0.6 is 0 Å². The number of benzene rings is 1. The average molecular weight is 269 g/mol. The van der Waals surface area contributed by atoms with E-state index in [2.05, 4.69) is 24.9 Å². The summed E-state index contributed by atoms with van der Waals surface area (Å²) in [7, 11) is 0. The lowest BCUT2D eigenvalue weighted by atomic mass is 9.95. The van der Waals surface area contributed by atoms with Crippen molar-refractivity contribution in [3.63, 3.8) is 0 Å². The van der Waals surface area contributed by atoms with Gasteiger partial charge in [-0.25, -0.2) is 4.79 Å². The number of carboxylic acids is 1. The van der Waals surface area contributed by atoms with Gasteiger partial charge >= 0.3 is 5.97 Å². The SMILES string of the molecule is CCC(C)c1ccc2nc(C3CC3)cc(C(=O)O)c2c1. The molecule has 3 heteroatoms. The summed E-state index contributed by atoms with van der Waals surface area (Å²) in [6.07, 6.45) is 3.30. The molecule has 104 valence electrons. The molecule has 0 spiro atoms. The Bertz CT molecular complexity index is 674. The highest BCUT2D eigenvalue weighted by Gasteiger charge is 2.27. The second kappa shape index (κ2) is 4.89. The Morgan fingerprint density at radius 3 is 2.75 bits per heavy atom. The zero-order valence-electron chi connectivity index (χ0n) is 11.9. The molecule has 1 unspecified atom stereocenters. The van der Waals surface area contributed by atoms with Crippen molar-refractivity contribution in [2.75, 3.05) is 0 Å². The number of rotatable bonds is 4. The van der Waals surface area contributed by atoms with Gasteiger partial charge in [-0.2, -0.15) is 0 Å². The minimum atomic E-state index is -0.861. The van der Waals surface area contributed by atoms with E-state index in [-0.39, 0.29) is 0 Å². The Labute approximate surface area is 118 Å². The van der Waals surface area contributed by atoms with E-state index in [1.165, 1.54) is 5.56 Å². The molecule has 0 saturated heterocycles. The van der Waals surface area contributed by atoms with Crippen LogP contribution < -0.4 is 0 Å². The van der Waals surface area contributed by atoms with E-state index in [0.717, 1.165) is 35.9 Å². The van der Waals surface area contributed by atoms with Crippen LogP contribution in [0.1, 0.15) is 66.6 Å². The van der Waals surface area contributed by atoms with Crippen LogP contribution in [0.4, 0.5) is 0 Å². The number of hydrogen-bond donors (Lipinski definition) is 1. The van der Waals surface area contributed by atoms with Gasteiger partial charge in [0.2, 0.25) is 0 Å². The van der Waals surface area contributed by atoms with Crippen molar-refractivity contribution >= 4 is 16.9 Å². The van der Waals surface area contributed by atoms with Gasteiger partial charge in [0.05, 0.1) is 11.1 Å². The van der Waals surface area contributed by atoms with Gasteiger partial charge in [0, 0.05) is 17.0 Å². The zero-order chi connectivity index (χ0) is 14.3. The maximum atomic E-state index is 11.5. The van der Waals surface area contributed by atoms with Crippen LogP contribution in [-0.2, 0) is 0 Å². The third-order valence-corrected chi connectivity index (χ3v) is 4.26. The lowest BCUT2D eigenvalue weighted by Crippen LogP contribution is -2.02. The van der Waals surface area contributed by atoms with Gasteiger partial charge in [-0.1, -0.05) is 19.9 Å². The maximum absolute atomic E-state index is 11.5. The second-order valence-electron chi connectivity index (χ2n) is 5.76. The predicted molar refractivity (Wildman–Crippen MR) is 79.4 cm³/mol. The molecule has 1 aliphatic rings. The summed E-state index contributed by atoms with van der Waals surface area (Å²) >= 11 is 0. The zero-order valence-corrected chi connectivity index (χ0v) is 11.9. The third-order valence-electron chi connectivity index (χ3n) is 4.26. The van der Waals surface area contributed by atoms with Crippen molar-refractivity contribution in [2.45, 2.75) is 44.9 Å². The molecule has 1 N–H and O–H groups in total. The monoisotopic (exact) mass is 269 g/mol. The maximum Gasteiger partial charge on any atom is 0.336 e. The van der Waals surface area contributed by atoms with Crippen LogP contribution in [0.5, 0.6) is 0 Å². The molecule has 1 saturated carbocycles. The first-order valence-corrected chi connectivity index (χ1v) is 7.28. The van der Waals surface area contributed by atoms with Crippen LogP contribution in [0.3, 0.4) is 0 Å². The topological polar surface area (TPSA) is 50.2 Å². The number of fused-ring (bicyclic) bond motifs is 1. The summed E-state index contributed by atoms with van der Waals surface area (Å²) in [5, 5.41) is 10.2. The van der Waals surface area contributed by atoms with Gasteiger partial charge in [-0.15, -0.1) is 0 Å². The van der Waals surface area contributed by atoms with Gasteiger partial charge in [0.25, 0.3) is 0 Å². The Balaban J connectivity index is 2.19. The molecule has 0 radical (unpaired) electrons. The fourth-order valence-electron chi connectivity index (χ4n) is 2.57. The van der Waals surface area contributed by atoms with Gasteiger partial charge in [-0.05, 0) is 48.9 Å². The summed E-state index contributed by atoms with van der Waals surface area (Å²) in [6, 6.07) is 7.81. The van der Waals surface area contributed by atoms with Crippen molar-refractivity contribution in [3.8, 4) is 0 Å². The molecule has 1 atom stereocenters. The molecule has 0 amide bonds. The highest BCUT2D eigenvalue weighted by Crippen LogP contribution is 2.40. The van der Waals surface area contributed by atoms with Crippen molar-refractivity contribution in [1.82, 2.24) is 4.98 Å². The van der Waals surface area contributed by atoms with Crippen LogP contribution in [0, 0.1) is 0 Å². The first-order chi connectivity index (χ1) is 9.60. The first kappa shape index (κ1) is 13.1. The molecule has 1 aromatic heterocycles. The average Bonchev–Trinajstić information content (AvgIpc) is 3.29. The quantitative estimate of drug-likeness (QED) is 0.899. The van der Waals surface area contributed by atoms with E-state index in [4.69, 9.17) is 0 Å². The molecule has 20 heavy (non-hydrogen) atoms. The summed E-state index contributed by atoms with van der Waals surface area (Å²) < 4.78 is 0. The van der Waals surface area contributed by atoms with Crippen molar-refractivity contribution in [2.24, 2.45) is 0 Å². The van der Waals surface area contributed by atoms with E-state index in [1.807, 2.05) is 12.1 Å². The lowest BCUT2D eigenvalue weighted by Gasteiger charge is -2.12. The molecule has 1 aromatic carbocycles. The van der Waals surface area contributed by atoms with E-state index in [9.17, 15) is 9.90 Å². The van der Waals surface area contributed by atoms with E-state index in [0.29, 0.717) is 17.4 Å². The molecular formula is C17H19NO2. The second-order valence-corrected chi connectivity index (χ2v) is 5.76. The highest BCUT2D eigenvalue weighted by molar-refractivity contribution is 6.02. The molecular weight excluding hydrogens is 250 g/mol. The number of nitrogens with zero attached hydrogens (tertiary/aromatic N) is 1. The molecule has 0 bridgehead atoms. The number of hydrogen-bond acceptors (Lipinski definition) is 2. The standard InChI is InChI=1S/C17H19NO2/c1-3-10(2)12-6-7-15-13(8-12)14(17(19)20)9-16(18-15)11-4-5-11/h6-11H,3-5H2,1-2H3,(H,19,20). The Kier molecular flexibility index (Phi) is 3.20. The van der Waals surface area contributed by atoms with E-state index < -0.39 is 5.97 Å². The van der Waals surface area contributed by atoms with Gasteiger partial charge in [-0.3, -0.25) is 4.98 Å². The van der Waals surface area contributed by atoms with Crippen LogP contribution in [-0.4, -0.2) is 16.1 Å². The first-order valence-electron chi connectivity index (χ1n) is 7.28. The summed E-state index contributed by atoms with van der Waals surface area (Å²) in [6.45, 7) is 4.30. The lowest BCUT2D eigenvalue weighted by molar-refractivity contribution is 0.0699. The third kappa shape index (κ3) is 2.28. The van der Waals surface area contributed by atoms with Gasteiger partial charge in [0.1, 0.15) is 0 Å². The van der Waals surface area contributed by atoms with Crippen molar-refractivity contribution < 1.29 is 9.90 Å². The molecule has 3 rings (SSSR count). The fourth-order valence-corrected chi connectivity index (χ4v) is 2.57. The predicted octanol–water partition coefficient (Wildman–Crippen LogP) is 4.32. The fraction of sp³-hybridized carbons (Fsp3) is 0.412. The highest BCUT2D eigenvalue weighted by atomic mass is 16.4. The Hall–Kier alpha value is -1.90. The molecule has 1 aliphatic carbocycles. The smallest absolute Gasteiger partial charge is 0.336 e. The van der Waals surface area contributed by atoms with Gasteiger partial charge in [0.15, 0.2) is 0 Å². The summed E-state index contributed by atoms with van der Waals surface area (Å²) in [4.78, 5) is 16.2. The number of aromatic nitrogens is 1. The summed E-state index contributed by atoms with van der Waals surface area (Å²) in [5.74, 6) is 0.0384.